The number of rotatable bonds is 7. The Morgan fingerprint density at radius 1 is 1.48 bits per heavy atom. The van der Waals surface area contributed by atoms with E-state index in [0.717, 1.165) is 25.5 Å². The summed E-state index contributed by atoms with van der Waals surface area (Å²) in [5.74, 6) is 0.996. The summed E-state index contributed by atoms with van der Waals surface area (Å²) in [6.07, 6.45) is 3.68. The molecule has 1 amide bonds. The zero-order valence-corrected chi connectivity index (χ0v) is 16.0. The van der Waals surface area contributed by atoms with Crippen molar-refractivity contribution in [3.05, 3.63) is 48.3 Å². The van der Waals surface area contributed by atoms with Gasteiger partial charge in [0.05, 0.1) is 19.1 Å². The van der Waals surface area contributed by atoms with E-state index in [1.54, 1.807) is 18.3 Å². The molecule has 1 atom stereocenters. The number of hydrogen-bond donors (Lipinski definition) is 2. The third-order valence-corrected chi connectivity index (χ3v) is 4.35. The summed E-state index contributed by atoms with van der Waals surface area (Å²) in [5.41, 5.74) is 0. The van der Waals surface area contributed by atoms with Crippen LogP contribution in [0, 0.1) is 5.82 Å². The first-order valence-electron chi connectivity index (χ1n) is 8.70. The molecule has 9 heteroatoms. The minimum absolute atomic E-state index is 0. The molecule has 7 nitrogen and oxygen atoms in total. The number of piperazine rings is 1. The second-order valence-corrected chi connectivity index (χ2v) is 6.24. The molecule has 27 heavy (non-hydrogen) atoms. The van der Waals surface area contributed by atoms with Gasteiger partial charge in [0.1, 0.15) is 24.0 Å². The number of nitrogens with zero attached hydrogens (tertiary/aromatic N) is 3. The van der Waals surface area contributed by atoms with Crippen molar-refractivity contribution in [2.24, 2.45) is 7.05 Å². The van der Waals surface area contributed by atoms with Crippen molar-refractivity contribution in [2.75, 3.05) is 39.3 Å². The molecule has 1 aliphatic heterocycles. The first kappa shape index (κ1) is 21.1. The fraction of sp³-hybridized carbons (Fsp3) is 0.444. The van der Waals surface area contributed by atoms with Crippen molar-refractivity contribution >= 4 is 18.3 Å². The van der Waals surface area contributed by atoms with Crippen LogP contribution in [-0.2, 0) is 11.8 Å². The highest BCUT2D eigenvalue weighted by molar-refractivity contribution is 5.85. The second-order valence-electron chi connectivity index (χ2n) is 6.24. The molecular formula is C18H25ClFN5O2. The maximum Gasteiger partial charge on any atom is 0.234 e. The third kappa shape index (κ3) is 5.92. The molecule has 1 saturated heterocycles. The van der Waals surface area contributed by atoms with Crippen molar-refractivity contribution in [1.29, 1.82) is 0 Å². The van der Waals surface area contributed by atoms with Gasteiger partial charge >= 0.3 is 0 Å². The van der Waals surface area contributed by atoms with Crippen molar-refractivity contribution in [3.63, 3.8) is 0 Å². The number of benzene rings is 1. The molecule has 2 aromatic rings. The van der Waals surface area contributed by atoms with E-state index in [-0.39, 0.29) is 30.2 Å². The summed E-state index contributed by atoms with van der Waals surface area (Å²) >= 11 is 0. The van der Waals surface area contributed by atoms with Crippen LogP contribution in [0.2, 0.25) is 0 Å². The fourth-order valence-corrected chi connectivity index (χ4v) is 3.04. The van der Waals surface area contributed by atoms with Crippen molar-refractivity contribution in [1.82, 2.24) is 25.1 Å². The van der Waals surface area contributed by atoms with Gasteiger partial charge in [-0.15, -0.1) is 12.4 Å². The van der Waals surface area contributed by atoms with E-state index in [1.807, 2.05) is 17.8 Å². The van der Waals surface area contributed by atoms with Crippen LogP contribution in [0.5, 0.6) is 5.75 Å². The molecule has 1 aliphatic rings. The maximum absolute atomic E-state index is 13.1. The third-order valence-electron chi connectivity index (χ3n) is 4.35. The van der Waals surface area contributed by atoms with E-state index in [2.05, 4.69) is 20.5 Å². The standard InChI is InChI=1S/C18H24FN5O2.ClH/c1-23-8-6-22-18(23)16-12-20-5-9-24(16)13-17(25)21-7-10-26-15-4-2-3-14(19)11-15;/h2-4,6,8,11,16,20H,5,7,9-10,12-13H2,1H3,(H,21,25);1H. The minimum Gasteiger partial charge on any atom is -0.492 e. The Morgan fingerprint density at radius 3 is 3.07 bits per heavy atom. The van der Waals surface area contributed by atoms with Crippen LogP contribution in [-0.4, -0.2) is 59.7 Å². The highest BCUT2D eigenvalue weighted by atomic mass is 35.5. The van der Waals surface area contributed by atoms with Crippen molar-refractivity contribution in [3.8, 4) is 5.75 Å². The minimum atomic E-state index is -0.342. The monoisotopic (exact) mass is 397 g/mol. The Morgan fingerprint density at radius 2 is 2.33 bits per heavy atom. The lowest BCUT2D eigenvalue weighted by Gasteiger charge is -2.35. The maximum atomic E-state index is 13.1. The Balaban J connectivity index is 0.00000261. The number of carbonyl (C=O) groups is 1. The topological polar surface area (TPSA) is 71.4 Å². The molecule has 148 valence electrons. The summed E-state index contributed by atoms with van der Waals surface area (Å²) < 4.78 is 20.5. The van der Waals surface area contributed by atoms with Gasteiger partial charge in [0.2, 0.25) is 5.91 Å². The fourth-order valence-electron chi connectivity index (χ4n) is 3.04. The zero-order valence-electron chi connectivity index (χ0n) is 15.2. The summed E-state index contributed by atoms with van der Waals surface area (Å²) in [7, 11) is 1.96. The molecule has 0 aliphatic carbocycles. The number of amides is 1. The molecule has 0 bridgehead atoms. The molecule has 3 rings (SSSR count). The van der Waals surface area contributed by atoms with Crippen LogP contribution in [0.3, 0.4) is 0 Å². The van der Waals surface area contributed by atoms with Crippen LogP contribution in [0.15, 0.2) is 36.7 Å². The van der Waals surface area contributed by atoms with Gasteiger partial charge in [-0.2, -0.15) is 0 Å². The van der Waals surface area contributed by atoms with Gasteiger partial charge in [0.15, 0.2) is 0 Å². The number of aromatic nitrogens is 2. The zero-order chi connectivity index (χ0) is 18.4. The van der Waals surface area contributed by atoms with E-state index in [0.29, 0.717) is 25.4 Å². The average molecular weight is 398 g/mol. The predicted octanol–water partition coefficient (Wildman–Crippen LogP) is 1.12. The number of imidazole rings is 1. The molecule has 1 aromatic carbocycles. The Labute approximate surface area is 164 Å². The number of aryl methyl sites for hydroxylation is 1. The summed E-state index contributed by atoms with van der Waals surface area (Å²) in [5, 5.41) is 6.20. The number of halogens is 2. The van der Waals surface area contributed by atoms with E-state index >= 15 is 0 Å². The van der Waals surface area contributed by atoms with Gasteiger partial charge in [0.25, 0.3) is 0 Å². The molecule has 1 aromatic heterocycles. The Bertz CT molecular complexity index is 742. The molecule has 1 fully saturated rings. The average Bonchev–Trinajstić information content (AvgIpc) is 3.05. The first-order chi connectivity index (χ1) is 12.6. The Hall–Kier alpha value is -2.16. The van der Waals surface area contributed by atoms with E-state index in [1.165, 1.54) is 12.1 Å². The van der Waals surface area contributed by atoms with E-state index in [9.17, 15) is 9.18 Å². The predicted molar refractivity (Wildman–Crippen MR) is 103 cm³/mol. The van der Waals surface area contributed by atoms with Gasteiger partial charge in [-0.25, -0.2) is 9.37 Å². The first-order valence-corrected chi connectivity index (χ1v) is 8.70. The molecule has 2 heterocycles. The van der Waals surface area contributed by atoms with E-state index < -0.39 is 0 Å². The number of nitrogens with one attached hydrogen (secondary N) is 2. The quantitative estimate of drug-likeness (QED) is 0.685. The van der Waals surface area contributed by atoms with Gasteiger partial charge in [-0.1, -0.05) is 6.07 Å². The lowest BCUT2D eigenvalue weighted by Crippen LogP contribution is -2.50. The Kier molecular flexibility index (Phi) is 8.02. The molecule has 0 saturated carbocycles. The van der Waals surface area contributed by atoms with Crippen molar-refractivity contribution < 1.29 is 13.9 Å². The van der Waals surface area contributed by atoms with Crippen LogP contribution < -0.4 is 15.4 Å². The highest BCUT2D eigenvalue weighted by Crippen LogP contribution is 2.19. The van der Waals surface area contributed by atoms with Crippen molar-refractivity contribution in [2.45, 2.75) is 6.04 Å². The lowest BCUT2D eigenvalue weighted by molar-refractivity contribution is -0.123. The molecule has 2 N–H and O–H groups in total. The highest BCUT2D eigenvalue weighted by Gasteiger charge is 2.28. The number of ether oxygens (including phenoxy) is 1. The summed E-state index contributed by atoms with van der Waals surface area (Å²) in [6.45, 7) is 3.36. The molecular weight excluding hydrogens is 373 g/mol. The van der Waals surface area contributed by atoms with Crippen LogP contribution in [0.25, 0.3) is 0 Å². The number of hydrogen-bond acceptors (Lipinski definition) is 5. The van der Waals surface area contributed by atoms with Crippen LogP contribution in [0.1, 0.15) is 11.9 Å². The summed E-state index contributed by atoms with van der Waals surface area (Å²) in [4.78, 5) is 18.8. The van der Waals surface area contributed by atoms with E-state index in [4.69, 9.17) is 4.74 Å². The smallest absolute Gasteiger partial charge is 0.234 e. The van der Waals surface area contributed by atoms with Crippen LogP contribution in [0.4, 0.5) is 4.39 Å². The number of carbonyl (C=O) groups excluding carboxylic acids is 1. The van der Waals surface area contributed by atoms with Gasteiger partial charge in [0, 0.05) is 45.1 Å². The molecule has 1 unspecified atom stereocenters. The SMILES string of the molecule is Cl.Cn1ccnc1C1CNCCN1CC(=O)NCCOc1cccc(F)c1. The normalized spacial score (nSPS) is 17.2. The second kappa shape index (κ2) is 10.2. The van der Waals surface area contributed by atoms with Gasteiger partial charge in [-0.3, -0.25) is 9.69 Å². The molecule has 0 radical (unpaired) electrons. The molecule has 0 spiro atoms. The van der Waals surface area contributed by atoms with Crippen LogP contribution >= 0.6 is 12.4 Å². The van der Waals surface area contributed by atoms with Gasteiger partial charge < -0.3 is 19.9 Å². The summed E-state index contributed by atoms with van der Waals surface area (Å²) in [6, 6.07) is 6.02. The lowest BCUT2D eigenvalue weighted by atomic mass is 10.1. The van der Waals surface area contributed by atoms with Gasteiger partial charge in [-0.05, 0) is 12.1 Å². The largest absolute Gasteiger partial charge is 0.492 e.